The molecule has 0 saturated heterocycles. The molecular weight excluding hydrogens is 262 g/mol. The standard InChI is InChI=1S/C17H19N3O/c1-12-7-3-6-10-16(12)20(2)17(21)15-11-18-13-8-4-5-9-14(13)19-15/h3-10,15,18-19H,11H2,1-2H3. The second-order valence-electron chi connectivity index (χ2n) is 5.31. The van der Waals surface area contributed by atoms with E-state index in [2.05, 4.69) is 10.6 Å². The Morgan fingerprint density at radius 3 is 2.52 bits per heavy atom. The summed E-state index contributed by atoms with van der Waals surface area (Å²) in [5.41, 5.74) is 4.06. The van der Waals surface area contributed by atoms with Gasteiger partial charge in [-0.25, -0.2) is 0 Å². The van der Waals surface area contributed by atoms with Gasteiger partial charge in [-0.15, -0.1) is 0 Å². The van der Waals surface area contributed by atoms with Crippen molar-refractivity contribution in [2.45, 2.75) is 13.0 Å². The minimum absolute atomic E-state index is 0.0614. The van der Waals surface area contributed by atoms with Gasteiger partial charge in [0.1, 0.15) is 6.04 Å². The molecule has 4 heteroatoms. The highest BCUT2D eigenvalue weighted by atomic mass is 16.2. The average Bonchev–Trinajstić information content (AvgIpc) is 2.53. The van der Waals surface area contributed by atoms with Crippen molar-refractivity contribution in [1.29, 1.82) is 0 Å². The third-order valence-corrected chi connectivity index (χ3v) is 3.86. The van der Waals surface area contributed by atoms with Crippen molar-refractivity contribution < 1.29 is 4.79 Å². The number of rotatable bonds is 2. The maximum atomic E-state index is 12.7. The summed E-state index contributed by atoms with van der Waals surface area (Å²) in [7, 11) is 1.83. The molecule has 1 atom stereocenters. The number of carbonyl (C=O) groups excluding carboxylic acids is 1. The number of fused-ring (bicyclic) bond motifs is 1. The van der Waals surface area contributed by atoms with Gasteiger partial charge in [0.05, 0.1) is 11.4 Å². The number of amides is 1. The molecule has 3 rings (SSSR count). The molecule has 1 aliphatic rings. The van der Waals surface area contributed by atoms with Crippen molar-refractivity contribution in [3.8, 4) is 0 Å². The predicted octanol–water partition coefficient (Wildman–Crippen LogP) is 2.86. The second kappa shape index (κ2) is 5.48. The quantitative estimate of drug-likeness (QED) is 0.889. The zero-order valence-electron chi connectivity index (χ0n) is 12.3. The minimum atomic E-state index is -0.260. The lowest BCUT2D eigenvalue weighted by atomic mass is 10.1. The van der Waals surface area contributed by atoms with Gasteiger partial charge in [0.2, 0.25) is 0 Å². The Bertz CT molecular complexity index is 669. The van der Waals surface area contributed by atoms with E-state index >= 15 is 0 Å². The first kappa shape index (κ1) is 13.5. The summed E-state index contributed by atoms with van der Waals surface area (Å²) >= 11 is 0. The van der Waals surface area contributed by atoms with Crippen molar-refractivity contribution in [1.82, 2.24) is 0 Å². The van der Waals surface area contributed by atoms with Crippen LogP contribution in [0.1, 0.15) is 5.56 Å². The van der Waals surface area contributed by atoms with Gasteiger partial charge in [-0.2, -0.15) is 0 Å². The highest BCUT2D eigenvalue weighted by molar-refractivity contribution is 6.00. The van der Waals surface area contributed by atoms with Gasteiger partial charge in [-0.1, -0.05) is 30.3 Å². The molecule has 1 unspecified atom stereocenters. The number of anilines is 3. The Kier molecular flexibility index (Phi) is 3.52. The molecule has 0 bridgehead atoms. The molecule has 2 N–H and O–H groups in total. The number of hydrogen-bond donors (Lipinski definition) is 2. The van der Waals surface area contributed by atoms with Gasteiger partial charge in [-0.05, 0) is 30.7 Å². The molecule has 21 heavy (non-hydrogen) atoms. The van der Waals surface area contributed by atoms with Gasteiger partial charge < -0.3 is 15.5 Å². The molecule has 4 nitrogen and oxygen atoms in total. The first-order valence-corrected chi connectivity index (χ1v) is 7.09. The molecular formula is C17H19N3O. The molecule has 1 amide bonds. The summed E-state index contributed by atoms with van der Waals surface area (Å²) < 4.78 is 0. The van der Waals surface area contributed by atoms with E-state index in [0.29, 0.717) is 6.54 Å². The van der Waals surface area contributed by atoms with Gasteiger partial charge in [0.15, 0.2) is 0 Å². The minimum Gasteiger partial charge on any atom is -0.381 e. The van der Waals surface area contributed by atoms with Gasteiger partial charge in [-0.3, -0.25) is 4.79 Å². The molecule has 108 valence electrons. The summed E-state index contributed by atoms with van der Waals surface area (Å²) in [6, 6.07) is 15.6. The van der Waals surface area contributed by atoms with Crippen LogP contribution in [0.2, 0.25) is 0 Å². The van der Waals surface area contributed by atoms with Crippen molar-refractivity contribution in [2.75, 3.05) is 29.1 Å². The Labute approximate surface area is 124 Å². The maximum Gasteiger partial charge on any atom is 0.251 e. The van der Waals surface area contributed by atoms with Crippen molar-refractivity contribution in [3.63, 3.8) is 0 Å². The number of hydrogen-bond acceptors (Lipinski definition) is 3. The number of nitrogens with one attached hydrogen (secondary N) is 2. The summed E-state index contributed by atoms with van der Waals surface area (Å²) in [6.45, 7) is 2.60. The van der Waals surface area contributed by atoms with E-state index in [1.165, 1.54) is 0 Å². The Morgan fingerprint density at radius 2 is 1.76 bits per heavy atom. The van der Waals surface area contributed by atoms with Crippen LogP contribution >= 0.6 is 0 Å². The normalized spacial score (nSPS) is 16.4. The number of para-hydroxylation sites is 3. The number of nitrogens with zero attached hydrogens (tertiary/aromatic N) is 1. The van der Waals surface area contributed by atoms with E-state index in [0.717, 1.165) is 22.6 Å². The summed E-state index contributed by atoms with van der Waals surface area (Å²) in [5.74, 6) is 0.0614. The average molecular weight is 281 g/mol. The van der Waals surface area contributed by atoms with E-state index in [1.807, 2.05) is 62.5 Å². The number of carbonyl (C=O) groups is 1. The monoisotopic (exact) mass is 281 g/mol. The molecule has 0 spiro atoms. The molecule has 0 radical (unpaired) electrons. The highest BCUT2D eigenvalue weighted by Gasteiger charge is 2.27. The van der Waals surface area contributed by atoms with E-state index in [4.69, 9.17) is 0 Å². The molecule has 1 aliphatic heterocycles. The van der Waals surface area contributed by atoms with Crippen LogP contribution in [-0.2, 0) is 4.79 Å². The van der Waals surface area contributed by atoms with Crippen LogP contribution in [0.3, 0.4) is 0 Å². The third kappa shape index (κ3) is 2.57. The first-order chi connectivity index (χ1) is 10.2. The second-order valence-corrected chi connectivity index (χ2v) is 5.31. The lowest BCUT2D eigenvalue weighted by molar-refractivity contribution is -0.118. The fraction of sp³-hybridized carbons (Fsp3) is 0.235. The van der Waals surface area contributed by atoms with Crippen LogP contribution < -0.4 is 15.5 Å². The topological polar surface area (TPSA) is 44.4 Å². The van der Waals surface area contributed by atoms with E-state index in [-0.39, 0.29) is 11.9 Å². The zero-order chi connectivity index (χ0) is 14.8. The van der Waals surface area contributed by atoms with E-state index < -0.39 is 0 Å². The lowest BCUT2D eigenvalue weighted by Gasteiger charge is -2.31. The van der Waals surface area contributed by atoms with Crippen molar-refractivity contribution in [3.05, 3.63) is 54.1 Å². The number of likely N-dealkylation sites (N-methyl/N-ethyl adjacent to an activating group) is 1. The number of benzene rings is 2. The van der Waals surface area contributed by atoms with Crippen LogP contribution in [0.5, 0.6) is 0 Å². The van der Waals surface area contributed by atoms with Gasteiger partial charge in [0, 0.05) is 19.3 Å². The third-order valence-electron chi connectivity index (χ3n) is 3.86. The molecule has 0 fully saturated rings. The van der Waals surface area contributed by atoms with Gasteiger partial charge >= 0.3 is 0 Å². The van der Waals surface area contributed by atoms with Crippen molar-refractivity contribution >= 4 is 23.0 Å². The largest absolute Gasteiger partial charge is 0.381 e. The molecule has 2 aromatic rings. The summed E-state index contributed by atoms with van der Waals surface area (Å²) in [5, 5.41) is 6.62. The predicted molar refractivity (Wildman–Crippen MR) is 86.9 cm³/mol. The molecule has 0 saturated carbocycles. The summed E-state index contributed by atoms with van der Waals surface area (Å²) in [6.07, 6.45) is 0. The number of aryl methyl sites for hydroxylation is 1. The highest BCUT2D eigenvalue weighted by Crippen LogP contribution is 2.26. The first-order valence-electron chi connectivity index (χ1n) is 7.09. The van der Waals surface area contributed by atoms with Crippen LogP contribution in [0.4, 0.5) is 17.1 Å². The van der Waals surface area contributed by atoms with Crippen LogP contribution in [0.25, 0.3) is 0 Å². The van der Waals surface area contributed by atoms with E-state index in [9.17, 15) is 4.79 Å². The fourth-order valence-electron chi connectivity index (χ4n) is 2.66. The SMILES string of the molecule is Cc1ccccc1N(C)C(=O)C1CNc2ccccc2N1. The lowest BCUT2D eigenvalue weighted by Crippen LogP contribution is -2.47. The molecule has 0 aliphatic carbocycles. The van der Waals surface area contributed by atoms with E-state index in [1.54, 1.807) is 4.90 Å². The van der Waals surface area contributed by atoms with Crippen LogP contribution in [0, 0.1) is 6.92 Å². The molecule has 1 heterocycles. The Balaban J connectivity index is 1.79. The van der Waals surface area contributed by atoms with Crippen LogP contribution in [-0.4, -0.2) is 25.5 Å². The molecule has 0 aromatic heterocycles. The van der Waals surface area contributed by atoms with Crippen molar-refractivity contribution in [2.24, 2.45) is 0 Å². The maximum absolute atomic E-state index is 12.7. The zero-order valence-corrected chi connectivity index (χ0v) is 12.3. The fourth-order valence-corrected chi connectivity index (χ4v) is 2.66. The Hall–Kier alpha value is -2.49. The van der Waals surface area contributed by atoms with Crippen LogP contribution in [0.15, 0.2) is 48.5 Å². The van der Waals surface area contributed by atoms with Gasteiger partial charge in [0.25, 0.3) is 5.91 Å². The summed E-state index contributed by atoms with van der Waals surface area (Å²) in [4.78, 5) is 14.4. The smallest absolute Gasteiger partial charge is 0.251 e. The molecule has 2 aromatic carbocycles. The Morgan fingerprint density at radius 1 is 1.10 bits per heavy atom.